The van der Waals surface area contributed by atoms with Gasteiger partial charge >= 0.3 is 0 Å². The van der Waals surface area contributed by atoms with Crippen molar-refractivity contribution in [2.45, 2.75) is 25.8 Å². The topological polar surface area (TPSA) is 63.5 Å². The minimum atomic E-state index is -0.539. The number of carbonyl (C=O) groups is 1. The Morgan fingerprint density at radius 1 is 1.33 bits per heavy atom. The van der Waals surface area contributed by atoms with Crippen LogP contribution in [0.15, 0.2) is 35.3 Å². The number of amides is 1. The summed E-state index contributed by atoms with van der Waals surface area (Å²) in [6.07, 6.45) is 4.11. The third-order valence-electron chi connectivity index (χ3n) is 4.19. The molecule has 0 aliphatic heterocycles. The highest BCUT2D eigenvalue weighted by Crippen LogP contribution is 2.28. The molecule has 1 aliphatic rings. The number of fused-ring (bicyclic) bond motifs is 3. The van der Waals surface area contributed by atoms with Crippen LogP contribution in [0, 0.1) is 5.82 Å². The van der Waals surface area contributed by atoms with Crippen LogP contribution in [0.2, 0.25) is 0 Å². The number of nitrogens with zero attached hydrogens (tertiary/aromatic N) is 2. The van der Waals surface area contributed by atoms with Gasteiger partial charge in [0.2, 0.25) is 0 Å². The van der Waals surface area contributed by atoms with Gasteiger partial charge in [0.1, 0.15) is 11.4 Å². The Kier molecular flexibility index (Phi) is 3.65. The first kappa shape index (κ1) is 15.0. The monoisotopic (exact) mass is 343 g/mol. The molecule has 1 aromatic carbocycles. The van der Waals surface area contributed by atoms with Gasteiger partial charge in [-0.3, -0.25) is 14.0 Å². The SMILES string of the molecule is O=C(NCc1ccccc1F)c1cnc2sc3c(n2c1=O)CCC3. The Morgan fingerprint density at radius 3 is 3.00 bits per heavy atom. The summed E-state index contributed by atoms with van der Waals surface area (Å²) < 4.78 is 15.2. The van der Waals surface area contributed by atoms with Crippen molar-refractivity contribution in [2.75, 3.05) is 0 Å². The highest BCUT2D eigenvalue weighted by atomic mass is 32.1. The summed E-state index contributed by atoms with van der Waals surface area (Å²) in [6.45, 7) is 0.0232. The van der Waals surface area contributed by atoms with E-state index in [0.29, 0.717) is 10.5 Å². The van der Waals surface area contributed by atoms with E-state index in [1.54, 1.807) is 22.6 Å². The van der Waals surface area contributed by atoms with E-state index in [-0.39, 0.29) is 17.7 Å². The molecule has 7 heteroatoms. The summed E-state index contributed by atoms with van der Waals surface area (Å²) in [5.41, 5.74) is 0.967. The van der Waals surface area contributed by atoms with Gasteiger partial charge < -0.3 is 5.32 Å². The highest BCUT2D eigenvalue weighted by molar-refractivity contribution is 7.17. The molecule has 0 atom stereocenters. The smallest absolute Gasteiger partial charge is 0.271 e. The van der Waals surface area contributed by atoms with Gasteiger partial charge in [-0.2, -0.15) is 0 Å². The number of aryl methyl sites for hydroxylation is 2. The summed E-state index contributed by atoms with van der Waals surface area (Å²) in [7, 11) is 0. The largest absolute Gasteiger partial charge is 0.348 e. The van der Waals surface area contributed by atoms with Crippen molar-refractivity contribution in [3.8, 4) is 0 Å². The molecule has 0 radical (unpaired) electrons. The zero-order valence-electron chi connectivity index (χ0n) is 12.7. The van der Waals surface area contributed by atoms with Gasteiger partial charge in [-0.25, -0.2) is 9.37 Å². The number of hydrogen-bond donors (Lipinski definition) is 1. The van der Waals surface area contributed by atoms with E-state index in [0.717, 1.165) is 25.0 Å². The first-order valence-corrected chi connectivity index (χ1v) is 8.50. The molecular weight excluding hydrogens is 329 g/mol. The lowest BCUT2D eigenvalue weighted by molar-refractivity contribution is 0.0948. The molecule has 24 heavy (non-hydrogen) atoms. The number of nitrogens with one attached hydrogen (secondary N) is 1. The minimum Gasteiger partial charge on any atom is -0.348 e. The minimum absolute atomic E-state index is 0.0173. The molecule has 1 amide bonds. The van der Waals surface area contributed by atoms with Crippen molar-refractivity contribution in [3.05, 3.63) is 68.3 Å². The Bertz CT molecular complexity index is 1010. The van der Waals surface area contributed by atoms with Crippen LogP contribution in [0.25, 0.3) is 4.96 Å². The molecule has 1 N–H and O–H groups in total. The maximum Gasteiger partial charge on any atom is 0.271 e. The molecule has 0 saturated carbocycles. The molecule has 0 unspecified atom stereocenters. The number of rotatable bonds is 3. The molecule has 0 saturated heterocycles. The summed E-state index contributed by atoms with van der Waals surface area (Å²) in [5.74, 6) is -0.929. The van der Waals surface area contributed by atoms with Gasteiger partial charge in [-0.1, -0.05) is 18.2 Å². The standard InChI is InChI=1S/C17H14FN3O2S/c18-12-5-2-1-4-10(12)8-19-15(22)11-9-20-17-21(16(11)23)13-6-3-7-14(13)24-17/h1-2,4-5,9H,3,6-8H2,(H,19,22). The van der Waals surface area contributed by atoms with Gasteiger partial charge in [-0.15, -0.1) is 11.3 Å². The summed E-state index contributed by atoms with van der Waals surface area (Å²) in [6, 6.07) is 6.21. The van der Waals surface area contributed by atoms with Crippen LogP contribution in [0.5, 0.6) is 0 Å². The first-order valence-electron chi connectivity index (χ1n) is 7.69. The number of benzene rings is 1. The van der Waals surface area contributed by atoms with E-state index in [4.69, 9.17) is 0 Å². The lowest BCUT2D eigenvalue weighted by Gasteiger charge is -2.06. The second kappa shape index (κ2) is 5.83. The van der Waals surface area contributed by atoms with Crippen LogP contribution >= 0.6 is 11.3 Å². The van der Waals surface area contributed by atoms with Gasteiger partial charge in [0.05, 0.1) is 0 Å². The van der Waals surface area contributed by atoms with Crippen molar-refractivity contribution in [3.63, 3.8) is 0 Å². The molecule has 0 bridgehead atoms. The third kappa shape index (κ3) is 2.41. The molecule has 2 aromatic heterocycles. The zero-order valence-corrected chi connectivity index (χ0v) is 13.5. The van der Waals surface area contributed by atoms with E-state index < -0.39 is 11.7 Å². The lowest BCUT2D eigenvalue weighted by atomic mass is 10.2. The lowest BCUT2D eigenvalue weighted by Crippen LogP contribution is -2.31. The van der Waals surface area contributed by atoms with Crippen molar-refractivity contribution in [1.82, 2.24) is 14.7 Å². The number of thiazole rings is 1. The van der Waals surface area contributed by atoms with Gasteiger partial charge in [0.15, 0.2) is 4.96 Å². The molecule has 0 spiro atoms. The number of halogens is 1. The predicted octanol–water partition coefficient (Wildman–Crippen LogP) is 2.31. The first-order chi connectivity index (χ1) is 11.6. The van der Waals surface area contributed by atoms with Crippen LogP contribution in [0.4, 0.5) is 4.39 Å². The van der Waals surface area contributed by atoms with Gasteiger partial charge in [0.25, 0.3) is 11.5 Å². The molecule has 5 nitrogen and oxygen atoms in total. The van der Waals surface area contributed by atoms with Crippen LogP contribution in [-0.4, -0.2) is 15.3 Å². The van der Waals surface area contributed by atoms with E-state index in [9.17, 15) is 14.0 Å². The normalized spacial score (nSPS) is 13.2. The molecule has 2 heterocycles. The summed E-state index contributed by atoms with van der Waals surface area (Å²) >= 11 is 1.50. The molecule has 1 aliphatic carbocycles. The van der Waals surface area contributed by atoms with E-state index >= 15 is 0 Å². The number of hydrogen-bond acceptors (Lipinski definition) is 4. The summed E-state index contributed by atoms with van der Waals surface area (Å²) in [5, 5.41) is 2.59. The van der Waals surface area contributed by atoms with Crippen LogP contribution in [0.1, 0.15) is 32.9 Å². The van der Waals surface area contributed by atoms with E-state index in [2.05, 4.69) is 10.3 Å². The predicted molar refractivity (Wildman–Crippen MR) is 88.9 cm³/mol. The van der Waals surface area contributed by atoms with E-state index in [1.165, 1.54) is 28.5 Å². The van der Waals surface area contributed by atoms with Crippen LogP contribution in [0.3, 0.4) is 0 Å². The van der Waals surface area contributed by atoms with E-state index in [1.807, 2.05) is 0 Å². The third-order valence-corrected chi connectivity index (χ3v) is 5.35. The fourth-order valence-corrected chi connectivity index (χ4v) is 4.14. The highest BCUT2D eigenvalue weighted by Gasteiger charge is 2.22. The van der Waals surface area contributed by atoms with Crippen LogP contribution in [-0.2, 0) is 19.4 Å². The molecule has 122 valence electrons. The maximum absolute atomic E-state index is 13.6. The summed E-state index contributed by atoms with van der Waals surface area (Å²) in [4.78, 5) is 31.0. The second-order valence-corrected chi connectivity index (χ2v) is 6.76. The van der Waals surface area contributed by atoms with Gasteiger partial charge in [0, 0.05) is 28.9 Å². The molecule has 4 rings (SSSR count). The molecule has 0 fully saturated rings. The van der Waals surface area contributed by atoms with Gasteiger partial charge in [-0.05, 0) is 25.3 Å². The Balaban J connectivity index is 1.64. The zero-order chi connectivity index (χ0) is 16.7. The Hall–Kier alpha value is -2.54. The maximum atomic E-state index is 13.6. The fraction of sp³-hybridized carbons (Fsp3) is 0.235. The number of carbonyl (C=O) groups excluding carboxylic acids is 1. The number of aromatic nitrogens is 2. The Labute approximate surface area is 140 Å². The van der Waals surface area contributed by atoms with Crippen LogP contribution < -0.4 is 10.9 Å². The average Bonchev–Trinajstić information content (AvgIpc) is 3.15. The quantitative estimate of drug-likeness (QED) is 0.794. The second-order valence-electron chi connectivity index (χ2n) is 5.69. The van der Waals surface area contributed by atoms with Crippen molar-refractivity contribution >= 4 is 22.2 Å². The van der Waals surface area contributed by atoms with Crippen molar-refractivity contribution in [2.24, 2.45) is 0 Å². The average molecular weight is 343 g/mol. The van der Waals surface area contributed by atoms with Crippen molar-refractivity contribution < 1.29 is 9.18 Å². The fourth-order valence-electron chi connectivity index (χ4n) is 2.98. The molecular formula is C17H14FN3O2S. The Morgan fingerprint density at radius 2 is 2.17 bits per heavy atom. The molecule has 3 aromatic rings. The van der Waals surface area contributed by atoms with Crippen molar-refractivity contribution in [1.29, 1.82) is 0 Å².